The fourth-order valence-corrected chi connectivity index (χ4v) is 4.00. The summed E-state index contributed by atoms with van der Waals surface area (Å²) in [6.07, 6.45) is 11.4. The molecule has 6 nitrogen and oxygen atoms in total. The van der Waals surface area contributed by atoms with E-state index in [1.165, 1.54) is 15.8 Å². The molecule has 30 heavy (non-hydrogen) atoms. The number of benzene rings is 2. The molecule has 4 N–H and O–H groups in total. The average Bonchev–Trinajstić information content (AvgIpc) is 2.79. The molecule has 4 aromatic rings. The predicted octanol–water partition coefficient (Wildman–Crippen LogP) is 4.21. The molecular formula is C22H20N4O2S2. The molecule has 0 bridgehead atoms. The standard InChI is InChI=1S/C11H8N2O.C11H8N2S.H2O.H2S/c2*1-2-9-10(12-6-1)4-3-8-5-7-13-14-11(8)9;;/h2*1-7,13H;2*1H2. The second-order valence-electron chi connectivity index (χ2n) is 6.21. The first-order valence-electron chi connectivity index (χ1n) is 8.83. The number of hydrogen-bond acceptors (Lipinski definition) is 6. The number of fused-ring (bicyclic) bond motifs is 6. The van der Waals surface area contributed by atoms with E-state index in [1.807, 2.05) is 48.8 Å². The molecule has 0 saturated carbocycles. The van der Waals surface area contributed by atoms with E-state index in [0.717, 1.165) is 27.7 Å². The summed E-state index contributed by atoms with van der Waals surface area (Å²) in [6.45, 7) is 0. The largest absolute Gasteiger partial charge is 0.412 e. The van der Waals surface area contributed by atoms with E-state index < -0.39 is 0 Å². The highest BCUT2D eigenvalue weighted by Crippen LogP contribution is 2.32. The highest BCUT2D eigenvalue weighted by molar-refractivity contribution is 7.97. The van der Waals surface area contributed by atoms with E-state index in [1.54, 1.807) is 24.3 Å². The van der Waals surface area contributed by atoms with E-state index in [-0.39, 0.29) is 19.0 Å². The molecule has 0 unspecified atom stereocenters. The van der Waals surface area contributed by atoms with Gasteiger partial charge in [-0.2, -0.15) is 13.5 Å². The highest BCUT2D eigenvalue weighted by atomic mass is 32.2. The quantitative estimate of drug-likeness (QED) is 0.402. The number of rotatable bonds is 0. The molecule has 8 heteroatoms. The molecule has 4 heterocycles. The molecule has 2 aromatic carbocycles. The number of aromatic nitrogens is 2. The van der Waals surface area contributed by atoms with Gasteiger partial charge in [-0.05, 0) is 66.1 Å². The first kappa shape index (κ1) is 21.5. The third-order valence-corrected chi connectivity index (χ3v) is 5.43. The van der Waals surface area contributed by atoms with Gasteiger partial charge in [0.05, 0.1) is 11.0 Å². The van der Waals surface area contributed by atoms with Crippen molar-refractivity contribution < 1.29 is 10.3 Å². The van der Waals surface area contributed by atoms with Crippen molar-refractivity contribution >= 4 is 59.4 Å². The van der Waals surface area contributed by atoms with Crippen LogP contribution >= 0.6 is 25.4 Å². The van der Waals surface area contributed by atoms with Gasteiger partial charge in [0.2, 0.25) is 0 Å². The lowest BCUT2D eigenvalue weighted by molar-refractivity contribution is 0.242. The van der Waals surface area contributed by atoms with Crippen LogP contribution in [-0.2, 0) is 0 Å². The Balaban J connectivity index is 0.000000160. The Labute approximate surface area is 184 Å². The van der Waals surface area contributed by atoms with Gasteiger partial charge in [-0.25, -0.2) is 5.48 Å². The first-order chi connectivity index (χ1) is 13.9. The summed E-state index contributed by atoms with van der Waals surface area (Å²) in [4.78, 5) is 15.2. The van der Waals surface area contributed by atoms with Crippen LogP contribution in [0.2, 0.25) is 0 Å². The van der Waals surface area contributed by atoms with Crippen LogP contribution in [0.3, 0.4) is 0 Å². The summed E-state index contributed by atoms with van der Waals surface area (Å²) in [5.41, 5.74) is 7.06. The lowest BCUT2D eigenvalue weighted by atomic mass is 10.1. The molecular weight excluding hydrogens is 416 g/mol. The van der Waals surface area contributed by atoms with Gasteiger partial charge in [0.25, 0.3) is 0 Å². The molecule has 0 saturated heterocycles. The lowest BCUT2D eigenvalue weighted by Gasteiger charge is -2.14. The Morgan fingerprint density at radius 3 is 2.23 bits per heavy atom. The van der Waals surface area contributed by atoms with Crippen LogP contribution in [0.1, 0.15) is 11.1 Å². The fourth-order valence-electron chi connectivity index (χ4n) is 3.21. The second kappa shape index (κ2) is 9.53. The first-order valence-corrected chi connectivity index (χ1v) is 9.65. The van der Waals surface area contributed by atoms with E-state index in [0.29, 0.717) is 0 Å². The summed E-state index contributed by atoms with van der Waals surface area (Å²) in [5, 5.41) is 2.24. The molecule has 0 atom stereocenters. The average molecular weight is 437 g/mol. The van der Waals surface area contributed by atoms with Crippen LogP contribution < -0.4 is 15.0 Å². The van der Waals surface area contributed by atoms with Crippen molar-refractivity contribution in [1.82, 2.24) is 20.2 Å². The van der Waals surface area contributed by atoms with Crippen LogP contribution in [0, 0.1) is 0 Å². The molecule has 0 fully saturated rings. The van der Waals surface area contributed by atoms with Crippen molar-refractivity contribution in [3.63, 3.8) is 0 Å². The minimum Gasteiger partial charge on any atom is -0.412 e. The van der Waals surface area contributed by atoms with E-state index in [2.05, 4.69) is 44.4 Å². The highest BCUT2D eigenvalue weighted by Gasteiger charge is 2.10. The number of hydroxylamine groups is 1. The Bertz CT molecular complexity index is 1150. The topological polar surface area (TPSA) is 90.6 Å². The zero-order valence-corrected chi connectivity index (χ0v) is 17.6. The maximum atomic E-state index is 5.36. The van der Waals surface area contributed by atoms with Crippen molar-refractivity contribution in [2.24, 2.45) is 0 Å². The van der Waals surface area contributed by atoms with Crippen LogP contribution in [0.25, 0.3) is 34.0 Å². The summed E-state index contributed by atoms with van der Waals surface area (Å²) in [7, 11) is 0. The second-order valence-corrected chi connectivity index (χ2v) is 7.06. The molecule has 0 aliphatic carbocycles. The number of nitrogens with zero attached hydrogens (tertiary/aromatic N) is 2. The van der Waals surface area contributed by atoms with Gasteiger partial charge in [-0.1, -0.05) is 12.1 Å². The minimum absolute atomic E-state index is 0. The Morgan fingerprint density at radius 2 is 1.43 bits per heavy atom. The van der Waals surface area contributed by atoms with Crippen molar-refractivity contribution in [3.05, 3.63) is 84.5 Å². The number of hydrogen-bond donors (Lipinski definition) is 2. The van der Waals surface area contributed by atoms with E-state index in [4.69, 9.17) is 4.84 Å². The molecule has 152 valence electrons. The summed E-state index contributed by atoms with van der Waals surface area (Å²) in [6, 6.07) is 16.2. The van der Waals surface area contributed by atoms with Gasteiger partial charge in [0.15, 0.2) is 5.75 Å². The van der Waals surface area contributed by atoms with Gasteiger partial charge in [0.1, 0.15) is 0 Å². The van der Waals surface area contributed by atoms with Gasteiger partial charge in [0, 0.05) is 46.0 Å². The van der Waals surface area contributed by atoms with Crippen LogP contribution in [-0.4, -0.2) is 15.4 Å². The van der Waals surface area contributed by atoms with Crippen molar-refractivity contribution in [1.29, 1.82) is 0 Å². The molecule has 6 rings (SSSR count). The lowest BCUT2D eigenvalue weighted by Crippen LogP contribution is -2.14. The molecule has 0 spiro atoms. The smallest absolute Gasteiger partial charge is 0.171 e. The van der Waals surface area contributed by atoms with Gasteiger partial charge in [-0.15, -0.1) is 0 Å². The number of nitrogens with one attached hydrogen (secondary N) is 2. The van der Waals surface area contributed by atoms with Crippen molar-refractivity contribution in [2.75, 3.05) is 0 Å². The normalized spacial score (nSPS) is 12.5. The zero-order chi connectivity index (χ0) is 18.8. The molecule has 2 aromatic heterocycles. The SMILES string of the molecule is C1=Cc2ccc3ncccc3c2ON1.C1=Cc2ccc3ncccc3c2SN1.O.S. The van der Waals surface area contributed by atoms with E-state index in [9.17, 15) is 0 Å². The van der Waals surface area contributed by atoms with Crippen molar-refractivity contribution in [2.45, 2.75) is 4.90 Å². The van der Waals surface area contributed by atoms with Crippen molar-refractivity contribution in [3.8, 4) is 5.75 Å². The third kappa shape index (κ3) is 4.06. The molecule has 0 amide bonds. The maximum Gasteiger partial charge on any atom is 0.171 e. The number of pyridine rings is 2. The summed E-state index contributed by atoms with van der Waals surface area (Å²) < 4.78 is 3.14. The predicted molar refractivity (Wildman–Crippen MR) is 128 cm³/mol. The zero-order valence-electron chi connectivity index (χ0n) is 15.8. The van der Waals surface area contributed by atoms with Crippen LogP contribution in [0.4, 0.5) is 0 Å². The third-order valence-electron chi connectivity index (χ3n) is 4.52. The molecule has 2 aliphatic heterocycles. The Hall–Kier alpha value is -3.20. The fraction of sp³-hybridized carbons (Fsp3) is 0. The monoisotopic (exact) mass is 436 g/mol. The molecule has 0 radical (unpaired) electrons. The van der Waals surface area contributed by atoms with Crippen LogP contribution in [0.5, 0.6) is 5.75 Å². The molecule has 2 aliphatic rings. The van der Waals surface area contributed by atoms with Gasteiger partial charge in [-0.3, -0.25) is 9.97 Å². The van der Waals surface area contributed by atoms with E-state index >= 15 is 0 Å². The van der Waals surface area contributed by atoms with Gasteiger partial charge < -0.3 is 15.0 Å². The maximum absolute atomic E-state index is 5.36. The summed E-state index contributed by atoms with van der Waals surface area (Å²) in [5.74, 6) is 0.845. The Morgan fingerprint density at radius 1 is 0.767 bits per heavy atom. The summed E-state index contributed by atoms with van der Waals surface area (Å²) >= 11 is 1.64. The Kier molecular flexibility index (Phi) is 6.83. The van der Waals surface area contributed by atoms with Gasteiger partial charge >= 0.3 is 0 Å². The minimum atomic E-state index is 0. The van der Waals surface area contributed by atoms with Crippen LogP contribution in [0.15, 0.2) is 78.2 Å².